The molecule has 1 N–H and O–H groups in total. The van der Waals surface area contributed by atoms with Crippen LogP contribution in [0.25, 0.3) is 10.1 Å². The molecular formula is C14H14O4S2. The van der Waals surface area contributed by atoms with Gasteiger partial charge in [-0.25, -0.2) is 8.42 Å². The van der Waals surface area contributed by atoms with Gasteiger partial charge in [-0.2, -0.15) is 0 Å². The first-order chi connectivity index (χ1) is 9.42. The van der Waals surface area contributed by atoms with E-state index in [1.54, 1.807) is 11.3 Å². The second-order valence-electron chi connectivity index (χ2n) is 5.36. The van der Waals surface area contributed by atoms with Crippen molar-refractivity contribution in [2.75, 3.05) is 11.5 Å². The van der Waals surface area contributed by atoms with Crippen molar-refractivity contribution in [2.24, 2.45) is 5.41 Å². The van der Waals surface area contributed by atoms with Crippen LogP contribution in [0.2, 0.25) is 0 Å². The van der Waals surface area contributed by atoms with E-state index in [-0.39, 0.29) is 24.3 Å². The molecule has 0 spiro atoms. The maximum Gasteiger partial charge on any atom is 0.311 e. The normalized spacial score (nSPS) is 25.0. The SMILES string of the molecule is O=C(O)C1(Cc2csc3ccccc23)CCS(=O)(=O)C1. The van der Waals surface area contributed by atoms with Crippen LogP contribution in [0.1, 0.15) is 12.0 Å². The molecule has 0 aliphatic carbocycles. The fraction of sp³-hybridized carbons (Fsp3) is 0.357. The van der Waals surface area contributed by atoms with Crippen molar-refractivity contribution >= 4 is 37.2 Å². The third kappa shape index (κ3) is 2.23. The Hall–Kier alpha value is -1.40. The second kappa shape index (κ2) is 4.56. The Morgan fingerprint density at radius 1 is 1.35 bits per heavy atom. The van der Waals surface area contributed by atoms with Gasteiger partial charge in [0.2, 0.25) is 0 Å². The molecule has 1 aliphatic heterocycles. The molecule has 1 aromatic heterocycles. The monoisotopic (exact) mass is 310 g/mol. The van der Waals surface area contributed by atoms with Crippen molar-refractivity contribution in [3.05, 3.63) is 35.2 Å². The highest BCUT2D eigenvalue weighted by Crippen LogP contribution is 2.39. The summed E-state index contributed by atoms with van der Waals surface area (Å²) in [5.74, 6) is -1.28. The van der Waals surface area contributed by atoms with Gasteiger partial charge in [-0.15, -0.1) is 11.3 Å². The molecule has 1 fully saturated rings. The van der Waals surface area contributed by atoms with E-state index in [9.17, 15) is 18.3 Å². The van der Waals surface area contributed by atoms with Crippen LogP contribution >= 0.6 is 11.3 Å². The van der Waals surface area contributed by atoms with Crippen LogP contribution in [0.5, 0.6) is 0 Å². The number of sulfone groups is 1. The second-order valence-corrected chi connectivity index (χ2v) is 8.46. The van der Waals surface area contributed by atoms with Crippen molar-refractivity contribution in [1.29, 1.82) is 0 Å². The third-order valence-corrected chi connectivity index (χ3v) is 6.76. The first-order valence-electron chi connectivity index (χ1n) is 6.31. The van der Waals surface area contributed by atoms with Crippen LogP contribution in [-0.4, -0.2) is 31.0 Å². The van der Waals surface area contributed by atoms with E-state index in [0.29, 0.717) is 0 Å². The summed E-state index contributed by atoms with van der Waals surface area (Å²) < 4.78 is 24.5. The lowest BCUT2D eigenvalue weighted by molar-refractivity contribution is -0.147. The fourth-order valence-electron chi connectivity index (χ4n) is 2.83. The summed E-state index contributed by atoms with van der Waals surface area (Å²) >= 11 is 1.57. The molecule has 6 heteroatoms. The Morgan fingerprint density at radius 3 is 2.75 bits per heavy atom. The van der Waals surface area contributed by atoms with Gasteiger partial charge in [-0.3, -0.25) is 4.79 Å². The standard InChI is InChI=1S/C14H14O4S2/c15-13(16)14(5-6-20(17,18)9-14)7-10-8-19-12-4-2-1-3-11(10)12/h1-4,8H,5-7,9H2,(H,15,16). The lowest BCUT2D eigenvalue weighted by atomic mass is 9.81. The molecule has 1 aliphatic rings. The Bertz CT molecular complexity index is 775. The number of rotatable bonds is 3. The van der Waals surface area contributed by atoms with E-state index < -0.39 is 21.2 Å². The van der Waals surface area contributed by atoms with Gasteiger partial charge in [-0.05, 0) is 35.2 Å². The largest absolute Gasteiger partial charge is 0.481 e. The zero-order valence-corrected chi connectivity index (χ0v) is 12.3. The third-order valence-electron chi connectivity index (χ3n) is 3.93. The number of hydrogen-bond acceptors (Lipinski definition) is 4. The quantitative estimate of drug-likeness (QED) is 0.944. The smallest absolute Gasteiger partial charge is 0.311 e. The van der Waals surface area contributed by atoms with E-state index in [2.05, 4.69) is 0 Å². The van der Waals surface area contributed by atoms with Crippen molar-refractivity contribution in [1.82, 2.24) is 0 Å². The number of fused-ring (bicyclic) bond motifs is 1. The topological polar surface area (TPSA) is 71.4 Å². The fourth-order valence-corrected chi connectivity index (χ4v) is 5.85. The van der Waals surface area contributed by atoms with Crippen molar-refractivity contribution < 1.29 is 18.3 Å². The minimum absolute atomic E-state index is 0.0264. The summed E-state index contributed by atoms with van der Waals surface area (Å²) in [6.07, 6.45) is 0.487. The zero-order valence-electron chi connectivity index (χ0n) is 10.7. The van der Waals surface area contributed by atoms with Crippen LogP contribution in [0.3, 0.4) is 0 Å². The highest BCUT2D eigenvalue weighted by Gasteiger charge is 2.48. The van der Waals surface area contributed by atoms with Gasteiger partial charge in [0.25, 0.3) is 0 Å². The summed E-state index contributed by atoms with van der Waals surface area (Å²) in [6.45, 7) is 0. The Kier molecular flexibility index (Phi) is 3.10. The van der Waals surface area contributed by atoms with Crippen LogP contribution in [-0.2, 0) is 21.1 Å². The molecule has 0 bridgehead atoms. The summed E-state index contributed by atoms with van der Waals surface area (Å²) in [6, 6.07) is 7.80. The average Bonchev–Trinajstić information content (AvgIpc) is 2.93. The molecule has 1 aromatic carbocycles. The highest BCUT2D eigenvalue weighted by atomic mass is 32.2. The van der Waals surface area contributed by atoms with Crippen LogP contribution in [0, 0.1) is 5.41 Å². The molecule has 1 atom stereocenters. The molecule has 20 heavy (non-hydrogen) atoms. The number of carboxylic acids is 1. The maximum absolute atomic E-state index is 11.7. The van der Waals surface area contributed by atoms with Gasteiger partial charge < -0.3 is 5.11 Å². The first kappa shape index (κ1) is 13.6. The first-order valence-corrected chi connectivity index (χ1v) is 9.01. The van der Waals surface area contributed by atoms with Gasteiger partial charge >= 0.3 is 5.97 Å². The van der Waals surface area contributed by atoms with Gasteiger partial charge in [0.15, 0.2) is 9.84 Å². The molecule has 0 saturated carbocycles. The lowest BCUT2D eigenvalue weighted by Crippen LogP contribution is -2.34. The maximum atomic E-state index is 11.7. The molecule has 1 unspecified atom stereocenters. The Morgan fingerprint density at radius 2 is 2.10 bits per heavy atom. The molecule has 2 aromatic rings. The Balaban J connectivity index is 2.02. The average molecular weight is 310 g/mol. The predicted octanol–water partition coefficient (Wildman–Crippen LogP) is 2.33. The molecule has 0 radical (unpaired) electrons. The molecule has 106 valence electrons. The van der Waals surface area contributed by atoms with Crippen LogP contribution in [0.15, 0.2) is 29.6 Å². The zero-order chi connectivity index (χ0) is 14.4. The summed E-state index contributed by atoms with van der Waals surface area (Å²) in [7, 11) is -3.23. The highest BCUT2D eigenvalue weighted by molar-refractivity contribution is 7.91. The van der Waals surface area contributed by atoms with Crippen LogP contribution < -0.4 is 0 Å². The van der Waals surface area contributed by atoms with E-state index in [1.165, 1.54) is 0 Å². The van der Waals surface area contributed by atoms with Crippen molar-refractivity contribution in [3.63, 3.8) is 0 Å². The number of aliphatic carboxylic acids is 1. The molecule has 3 rings (SSSR count). The number of hydrogen-bond donors (Lipinski definition) is 1. The summed E-state index contributed by atoms with van der Waals surface area (Å²) in [5, 5.41) is 12.5. The van der Waals surface area contributed by atoms with Gasteiger partial charge in [-0.1, -0.05) is 18.2 Å². The van der Waals surface area contributed by atoms with E-state index in [1.807, 2.05) is 29.6 Å². The Labute approximate surface area is 121 Å². The predicted molar refractivity (Wildman–Crippen MR) is 78.9 cm³/mol. The number of benzene rings is 1. The summed E-state index contributed by atoms with van der Waals surface area (Å²) in [4.78, 5) is 11.6. The van der Waals surface area contributed by atoms with Crippen LogP contribution in [0.4, 0.5) is 0 Å². The molecular weight excluding hydrogens is 296 g/mol. The summed E-state index contributed by atoms with van der Waals surface area (Å²) in [5.41, 5.74) is -0.229. The van der Waals surface area contributed by atoms with E-state index in [0.717, 1.165) is 15.6 Å². The van der Waals surface area contributed by atoms with E-state index >= 15 is 0 Å². The molecule has 1 saturated heterocycles. The lowest BCUT2D eigenvalue weighted by Gasteiger charge is -2.21. The van der Waals surface area contributed by atoms with Crippen molar-refractivity contribution in [2.45, 2.75) is 12.8 Å². The number of thiophene rings is 1. The molecule has 2 heterocycles. The number of carbonyl (C=O) groups is 1. The minimum Gasteiger partial charge on any atom is -0.481 e. The molecule has 0 amide bonds. The number of carboxylic acid groups (broad SMARTS) is 1. The van der Waals surface area contributed by atoms with Gasteiger partial charge in [0.05, 0.1) is 16.9 Å². The van der Waals surface area contributed by atoms with Gasteiger partial charge in [0.1, 0.15) is 0 Å². The van der Waals surface area contributed by atoms with E-state index in [4.69, 9.17) is 0 Å². The minimum atomic E-state index is -3.23. The van der Waals surface area contributed by atoms with Crippen molar-refractivity contribution in [3.8, 4) is 0 Å². The van der Waals surface area contributed by atoms with Gasteiger partial charge in [0, 0.05) is 4.70 Å². The molecule has 4 nitrogen and oxygen atoms in total.